The summed E-state index contributed by atoms with van der Waals surface area (Å²) in [4.78, 5) is 9.46. The molecule has 0 aromatic carbocycles. The molecule has 0 bridgehead atoms. The van der Waals surface area contributed by atoms with Crippen LogP contribution in [0, 0.1) is 0 Å². The molecule has 0 radical (unpaired) electrons. The van der Waals surface area contributed by atoms with Crippen molar-refractivity contribution in [2.24, 2.45) is 0 Å². The van der Waals surface area contributed by atoms with Crippen molar-refractivity contribution in [3.63, 3.8) is 0 Å². The summed E-state index contributed by atoms with van der Waals surface area (Å²) in [5, 5.41) is 0. The Hall–Kier alpha value is -3.66. The van der Waals surface area contributed by atoms with Gasteiger partial charge in [0.05, 0.1) is 11.4 Å². The van der Waals surface area contributed by atoms with Gasteiger partial charge in [-0.05, 0) is 72.5 Å². The third-order valence-electron chi connectivity index (χ3n) is 9.96. The SMILES string of the molecule is CCCCCCCCCCCCn1cccc1/C=C/c1ccc(-c2ccc(/C=C/c3cccn3CCCCCCCCCCCC)cn2)nc1. The number of pyridine rings is 2. The van der Waals surface area contributed by atoms with Gasteiger partial charge in [0, 0.05) is 49.3 Å². The van der Waals surface area contributed by atoms with Crippen molar-refractivity contribution >= 4 is 24.3 Å². The molecule has 0 aliphatic heterocycles. The third-order valence-corrected chi connectivity index (χ3v) is 9.96. The van der Waals surface area contributed by atoms with Gasteiger partial charge in [0.1, 0.15) is 0 Å². The topological polar surface area (TPSA) is 35.6 Å². The summed E-state index contributed by atoms with van der Waals surface area (Å²) in [5.41, 5.74) is 6.49. The quantitative estimate of drug-likeness (QED) is 0.0590. The van der Waals surface area contributed by atoms with Crippen molar-refractivity contribution in [2.75, 3.05) is 0 Å². The van der Waals surface area contributed by atoms with E-state index in [0.29, 0.717) is 0 Å². The first kappa shape index (κ1) is 39.1. The maximum absolute atomic E-state index is 4.73. The summed E-state index contributed by atoms with van der Waals surface area (Å²) in [6, 6.07) is 17.1. The molecular weight excluding hydrogens is 609 g/mol. The fraction of sp³-hybridized carbons (Fsp3) is 0.522. The molecule has 0 saturated carbocycles. The lowest BCUT2D eigenvalue weighted by atomic mass is 10.1. The van der Waals surface area contributed by atoms with E-state index in [0.717, 1.165) is 35.6 Å². The first-order valence-electron chi connectivity index (χ1n) is 20.4. The summed E-state index contributed by atoms with van der Waals surface area (Å²) in [6.45, 7) is 6.75. The van der Waals surface area contributed by atoms with Gasteiger partial charge in [-0.2, -0.15) is 0 Å². The highest BCUT2D eigenvalue weighted by atomic mass is 15.0. The predicted octanol–water partition coefficient (Wildman–Crippen LogP) is 13.9. The van der Waals surface area contributed by atoms with E-state index in [1.807, 2.05) is 12.4 Å². The smallest absolute Gasteiger partial charge is 0.0886 e. The van der Waals surface area contributed by atoms with E-state index < -0.39 is 0 Å². The first-order chi connectivity index (χ1) is 24.8. The molecule has 4 heterocycles. The van der Waals surface area contributed by atoms with Gasteiger partial charge < -0.3 is 9.13 Å². The largest absolute Gasteiger partial charge is 0.348 e. The average Bonchev–Trinajstić information content (AvgIpc) is 3.81. The molecule has 50 heavy (non-hydrogen) atoms. The van der Waals surface area contributed by atoms with Crippen LogP contribution in [0.25, 0.3) is 35.7 Å². The zero-order valence-corrected chi connectivity index (χ0v) is 31.6. The number of unbranched alkanes of at least 4 members (excludes halogenated alkanes) is 18. The summed E-state index contributed by atoms with van der Waals surface area (Å²) in [7, 11) is 0. The van der Waals surface area contributed by atoms with Crippen molar-refractivity contribution in [3.05, 3.63) is 95.8 Å². The Morgan fingerprint density at radius 3 is 1.12 bits per heavy atom. The van der Waals surface area contributed by atoms with Crippen molar-refractivity contribution in [1.82, 2.24) is 19.1 Å². The molecule has 4 rings (SSSR count). The summed E-state index contributed by atoms with van der Waals surface area (Å²) < 4.78 is 4.75. The highest BCUT2D eigenvalue weighted by molar-refractivity contribution is 5.70. The minimum absolute atomic E-state index is 0.896. The van der Waals surface area contributed by atoms with Crippen LogP contribution in [0.2, 0.25) is 0 Å². The lowest BCUT2D eigenvalue weighted by Crippen LogP contribution is -1.98. The van der Waals surface area contributed by atoms with E-state index in [4.69, 9.17) is 9.97 Å². The number of nitrogens with zero attached hydrogens (tertiary/aromatic N) is 4. The Balaban J connectivity index is 1.15. The molecule has 4 heteroatoms. The predicted molar refractivity (Wildman–Crippen MR) is 218 cm³/mol. The van der Waals surface area contributed by atoms with E-state index in [1.54, 1.807) is 0 Å². The lowest BCUT2D eigenvalue weighted by Gasteiger charge is -2.07. The first-order valence-corrected chi connectivity index (χ1v) is 20.4. The van der Waals surface area contributed by atoms with Crippen LogP contribution in [0.3, 0.4) is 0 Å². The average molecular weight is 675 g/mol. The van der Waals surface area contributed by atoms with Crippen LogP contribution in [0.1, 0.15) is 165 Å². The van der Waals surface area contributed by atoms with E-state index >= 15 is 0 Å². The highest BCUT2D eigenvalue weighted by Crippen LogP contribution is 2.19. The summed E-state index contributed by atoms with van der Waals surface area (Å²) in [6.07, 6.45) is 44.4. The van der Waals surface area contributed by atoms with Crippen LogP contribution >= 0.6 is 0 Å². The lowest BCUT2D eigenvalue weighted by molar-refractivity contribution is 0.534. The van der Waals surface area contributed by atoms with Gasteiger partial charge in [0.2, 0.25) is 0 Å². The molecule has 4 aromatic rings. The number of hydrogen-bond donors (Lipinski definition) is 0. The minimum Gasteiger partial charge on any atom is -0.348 e. The Morgan fingerprint density at radius 1 is 0.420 bits per heavy atom. The Morgan fingerprint density at radius 2 is 0.780 bits per heavy atom. The molecular formula is C46H66N4. The second-order valence-corrected chi connectivity index (χ2v) is 14.2. The number of aryl methyl sites for hydroxylation is 2. The molecule has 4 aromatic heterocycles. The van der Waals surface area contributed by atoms with Crippen LogP contribution in [0.4, 0.5) is 0 Å². The van der Waals surface area contributed by atoms with Gasteiger partial charge in [-0.25, -0.2) is 0 Å². The van der Waals surface area contributed by atoms with Gasteiger partial charge in [-0.1, -0.05) is 154 Å². The van der Waals surface area contributed by atoms with Gasteiger partial charge in [-0.3, -0.25) is 9.97 Å². The maximum Gasteiger partial charge on any atom is 0.0886 e. The molecule has 0 amide bonds. The monoisotopic (exact) mass is 675 g/mol. The van der Waals surface area contributed by atoms with Crippen molar-refractivity contribution < 1.29 is 0 Å². The zero-order chi connectivity index (χ0) is 34.9. The normalized spacial score (nSPS) is 11.8. The van der Waals surface area contributed by atoms with Crippen molar-refractivity contribution in [3.8, 4) is 11.4 Å². The molecule has 0 atom stereocenters. The van der Waals surface area contributed by atoms with Gasteiger partial charge in [0.25, 0.3) is 0 Å². The third kappa shape index (κ3) is 15.1. The van der Waals surface area contributed by atoms with Crippen molar-refractivity contribution in [1.29, 1.82) is 0 Å². The van der Waals surface area contributed by atoms with Crippen LogP contribution in [-0.2, 0) is 13.1 Å². The summed E-state index contributed by atoms with van der Waals surface area (Å²) in [5.74, 6) is 0. The van der Waals surface area contributed by atoms with E-state index in [9.17, 15) is 0 Å². The molecule has 0 unspecified atom stereocenters. The molecule has 0 aliphatic carbocycles. The molecule has 270 valence electrons. The number of hydrogen-bond acceptors (Lipinski definition) is 2. The van der Waals surface area contributed by atoms with E-state index in [1.165, 1.54) is 140 Å². The highest BCUT2D eigenvalue weighted by Gasteiger charge is 2.03. The Kier molecular flexibility index (Phi) is 19.2. The molecule has 0 saturated heterocycles. The molecule has 0 fully saturated rings. The van der Waals surface area contributed by atoms with E-state index in [2.05, 4.69) is 108 Å². The molecule has 4 nitrogen and oxygen atoms in total. The van der Waals surface area contributed by atoms with Crippen LogP contribution in [-0.4, -0.2) is 19.1 Å². The molecule has 0 N–H and O–H groups in total. The van der Waals surface area contributed by atoms with Crippen LogP contribution in [0.15, 0.2) is 73.3 Å². The van der Waals surface area contributed by atoms with Crippen molar-refractivity contribution in [2.45, 2.75) is 155 Å². The summed E-state index contributed by atoms with van der Waals surface area (Å²) >= 11 is 0. The van der Waals surface area contributed by atoms with Gasteiger partial charge in [-0.15, -0.1) is 0 Å². The number of aromatic nitrogens is 4. The molecule has 0 aliphatic rings. The standard InChI is InChI=1S/C46H66N4/c1-3-5-7-9-11-13-15-17-19-21-35-49-37-23-25-43(49)31-27-41-29-33-45(47-39-41)46-34-30-42(40-48-46)28-32-44-26-24-38-50(44)36-22-20-18-16-14-12-10-8-6-4-2/h23-34,37-40H,3-22,35-36H2,1-2H3/b31-27+,32-28+. The second kappa shape index (κ2) is 24.5. The molecule has 0 spiro atoms. The maximum atomic E-state index is 4.73. The van der Waals surface area contributed by atoms with E-state index in [-0.39, 0.29) is 0 Å². The Labute approximate surface area is 305 Å². The van der Waals surface area contributed by atoms with Crippen LogP contribution < -0.4 is 0 Å². The van der Waals surface area contributed by atoms with Crippen LogP contribution in [0.5, 0.6) is 0 Å². The Bertz CT molecular complexity index is 1360. The fourth-order valence-electron chi connectivity index (χ4n) is 6.78. The number of rotatable bonds is 27. The minimum atomic E-state index is 0.896. The van der Waals surface area contributed by atoms with Gasteiger partial charge >= 0.3 is 0 Å². The zero-order valence-electron chi connectivity index (χ0n) is 31.6. The second-order valence-electron chi connectivity index (χ2n) is 14.2. The van der Waals surface area contributed by atoms with Gasteiger partial charge in [0.15, 0.2) is 0 Å². The fourth-order valence-corrected chi connectivity index (χ4v) is 6.78.